The van der Waals surface area contributed by atoms with Crippen molar-refractivity contribution in [3.05, 3.63) is 34.1 Å². The normalized spacial score (nSPS) is 22.4. The van der Waals surface area contributed by atoms with Gasteiger partial charge < -0.3 is 10.4 Å². The van der Waals surface area contributed by atoms with Crippen molar-refractivity contribution in [2.45, 2.75) is 25.4 Å². The Morgan fingerprint density at radius 3 is 3.06 bits per heavy atom. The molecule has 1 aromatic carbocycles. The summed E-state index contributed by atoms with van der Waals surface area (Å²) in [4.78, 5) is 0. The average Bonchev–Trinajstić information content (AvgIpc) is 2.35. The third kappa shape index (κ3) is 3.50. The van der Waals surface area contributed by atoms with Gasteiger partial charge in [-0.25, -0.2) is 4.39 Å². The molecule has 4 heteroatoms. The molecule has 2 nitrogen and oxygen atoms in total. The lowest BCUT2D eigenvalue weighted by molar-refractivity contribution is 0.0920. The zero-order valence-electron chi connectivity index (χ0n) is 9.63. The minimum Gasteiger partial charge on any atom is -0.392 e. The largest absolute Gasteiger partial charge is 0.392 e. The minimum atomic E-state index is -0.402. The molecule has 17 heavy (non-hydrogen) atoms. The van der Waals surface area contributed by atoms with Gasteiger partial charge in [-0.15, -0.1) is 0 Å². The molecule has 0 saturated carbocycles. The maximum Gasteiger partial charge on any atom is 0.123 e. The fourth-order valence-electron chi connectivity index (χ4n) is 2.30. The highest BCUT2D eigenvalue weighted by Crippen LogP contribution is 2.23. The monoisotopic (exact) mass is 301 g/mol. The number of benzene rings is 1. The summed E-state index contributed by atoms with van der Waals surface area (Å²) in [6.45, 7) is 1.89. The third-order valence-electron chi connectivity index (χ3n) is 3.32. The molecule has 2 unspecified atom stereocenters. The van der Waals surface area contributed by atoms with Crippen molar-refractivity contribution in [1.82, 2.24) is 5.32 Å². The van der Waals surface area contributed by atoms with E-state index in [0.29, 0.717) is 6.42 Å². The van der Waals surface area contributed by atoms with E-state index in [0.717, 1.165) is 36.0 Å². The second-order valence-corrected chi connectivity index (χ2v) is 5.47. The molecule has 0 bridgehead atoms. The molecule has 0 spiro atoms. The molecule has 0 radical (unpaired) electrons. The van der Waals surface area contributed by atoms with Crippen LogP contribution in [0.3, 0.4) is 0 Å². The van der Waals surface area contributed by atoms with Gasteiger partial charge in [0.2, 0.25) is 0 Å². The van der Waals surface area contributed by atoms with Crippen molar-refractivity contribution in [1.29, 1.82) is 0 Å². The molecule has 2 rings (SSSR count). The Morgan fingerprint density at radius 1 is 1.53 bits per heavy atom. The predicted molar refractivity (Wildman–Crippen MR) is 69.4 cm³/mol. The lowest BCUT2D eigenvalue weighted by Gasteiger charge is -2.27. The highest BCUT2D eigenvalue weighted by Gasteiger charge is 2.22. The maximum atomic E-state index is 13.1. The first-order chi connectivity index (χ1) is 8.16. The molecular weight excluding hydrogens is 285 g/mol. The Balaban J connectivity index is 2.01. The van der Waals surface area contributed by atoms with Gasteiger partial charge in [0, 0.05) is 11.0 Å². The lowest BCUT2D eigenvalue weighted by Crippen LogP contribution is -2.37. The van der Waals surface area contributed by atoms with Gasteiger partial charge in [0.25, 0.3) is 0 Å². The summed E-state index contributed by atoms with van der Waals surface area (Å²) < 4.78 is 14.0. The Hall–Kier alpha value is -0.450. The molecule has 2 atom stereocenters. The molecule has 0 amide bonds. The fourth-order valence-corrected chi connectivity index (χ4v) is 2.71. The predicted octanol–water partition coefficient (Wildman–Crippen LogP) is 2.49. The molecule has 1 aliphatic heterocycles. The first-order valence-corrected chi connectivity index (χ1v) is 6.79. The van der Waals surface area contributed by atoms with Crippen LogP contribution in [0.15, 0.2) is 22.7 Å². The number of piperidine rings is 1. The van der Waals surface area contributed by atoms with Crippen molar-refractivity contribution < 1.29 is 9.50 Å². The summed E-state index contributed by atoms with van der Waals surface area (Å²) in [5.74, 6) is 0.0242. The Kier molecular flexibility index (Phi) is 4.54. The Morgan fingerprint density at radius 2 is 2.35 bits per heavy atom. The van der Waals surface area contributed by atoms with Crippen molar-refractivity contribution in [2.75, 3.05) is 13.1 Å². The molecule has 1 saturated heterocycles. The van der Waals surface area contributed by atoms with E-state index >= 15 is 0 Å². The van der Waals surface area contributed by atoms with Crippen LogP contribution in [0.2, 0.25) is 0 Å². The van der Waals surface area contributed by atoms with E-state index in [1.165, 1.54) is 12.1 Å². The van der Waals surface area contributed by atoms with Gasteiger partial charge in [-0.3, -0.25) is 0 Å². The highest BCUT2D eigenvalue weighted by molar-refractivity contribution is 9.10. The van der Waals surface area contributed by atoms with Crippen LogP contribution in [0.4, 0.5) is 4.39 Å². The van der Waals surface area contributed by atoms with Crippen LogP contribution in [-0.4, -0.2) is 24.3 Å². The van der Waals surface area contributed by atoms with Crippen LogP contribution in [-0.2, 0) is 6.42 Å². The van der Waals surface area contributed by atoms with Gasteiger partial charge in [-0.05, 0) is 55.5 Å². The van der Waals surface area contributed by atoms with Crippen molar-refractivity contribution >= 4 is 15.9 Å². The fraction of sp³-hybridized carbons (Fsp3) is 0.538. The van der Waals surface area contributed by atoms with Gasteiger partial charge in [0.05, 0.1) is 6.10 Å². The number of nitrogens with one attached hydrogen (secondary N) is 1. The Labute approximate surface area is 109 Å². The van der Waals surface area contributed by atoms with Crippen LogP contribution in [0, 0.1) is 11.7 Å². The first kappa shape index (κ1) is 13.0. The number of aliphatic hydroxyl groups is 1. The third-order valence-corrected chi connectivity index (χ3v) is 4.09. The van der Waals surface area contributed by atoms with Crippen LogP contribution in [0.25, 0.3) is 0 Å². The van der Waals surface area contributed by atoms with E-state index in [9.17, 15) is 9.50 Å². The van der Waals surface area contributed by atoms with Crippen LogP contribution < -0.4 is 5.32 Å². The number of hydrogen-bond acceptors (Lipinski definition) is 2. The van der Waals surface area contributed by atoms with Gasteiger partial charge in [-0.1, -0.05) is 15.9 Å². The van der Waals surface area contributed by atoms with Crippen molar-refractivity contribution in [3.8, 4) is 0 Å². The number of rotatable bonds is 3. The molecule has 1 fully saturated rings. The summed E-state index contributed by atoms with van der Waals surface area (Å²) in [6, 6.07) is 4.60. The van der Waals surface area contributed by atoms with Crippen molar-refractivity contribution in [3.63, 3.8) is 0 Å². The van der Waals surface area contributed by atoms with Gasteiger partial charge >= 0.3 is 0 Å². The molecule has 1 aromatic rings. The summed E-state index contributed by atoms with van der Waals surface area (Å²) in [7, 11) is 0. The molecule has 0 aliphatic carbocycles. The number of halogens is 2. The van der Waals surface area contributed by atoms with E-state index < -0.39 is 6.10 Å². The molecule has 2 N–H and O–H groups in total. The van der Waals surface area contributed by atoms with Gasteiger partial charge in [0.1, 0.15) is 5.82 Å². The molecular formula is C13H17BrFNO. The smallest absolute Gasteiger partial charge is 0.123 e. The quantitative estimate of drug-likeness (QED) is 0.899. The molecule has 1 aliphatic rings. The molecule has 0 aromatic heterocycles. The standard InChI is InChI=1S/C13H17BrFNO/c14-12-4-3-11(15)6-10(12)7-13(17)9-2-1-5-16-8-9/h3-4,6,9,13,16-17H,1-2,5,7-8H2. The van der Waals surface area contributed by atoms with E-state index in [1.807, 2.05) is 0 Å². The van der Waals surface area contributed by atoms with Gasteiger partial charge in [-0.2, -0.15) is 0 Å². The van der Waals surface area contributed by atoms with Crippen LogP contribution in [0.5, 0.6) is 0 Å². The molecule has 1 heterocycles. The molecule has 94 valence electrons. The zero-order valence-corrected chi connectivity index (χ0v) is 11.2. The van der Waals surface area contributed by atoms with E-state index in [2.05, 4.69) is 21.2 Å². The minimum absolute atomic E-state index is 0.253. The van der Waals surface area contributed by atoms with Crippen LogP contribution in [0.1, 0.15) is 18.4 Å². The summed E-state index contributed by atoms with van der Waals surface area (Å²) in [5.41, 5.74) is 0.836. The first-order valence-electron chi connectivity index (χ1n) is 5.99. The van der Waals surface area contributed by atoms with E-state index in [4.69, 9.17) is 0 Å². The van der Waals surface area contributed by atoms with E-state index in [1.54, 1.807) is 6.07 Å². The second-order valence-electron chi connectivity index (χ2n) is 4.61. The summed E-state index contributed by atoms with van der Waals surface area (Å²) >= 11 is 3.39. The zero-order chi connectivity index (χ0) is 12.3. The summed E-state index contributed by atoms with van der Waals surface area (Å²) in [6.07, 6.45) is 2.25. The van der Waals surface area contributed by atoms with Gasteiger partial charge in [0.15, 0.2) is 0 Å². The lowest BCUT2D eigenvalue weighted by atomic mass is 9.90. The SMILES string of the molecule is OC(Cc1cc(F)ccc1Br)C1CCCNC1. The summed E-state index contributed by atoms with van der Waals surface area (Å²) in [5, 5.41) is 13.4. The number of hydrogen-bond donors (Lipinski definition) is 2. The Bertz CT molecular complexity index is 380. The van der Waals surface area contributed by atoms with E-state index in [-0.39, 0.29) is 11.7 Å². The number of aliphatic hydroxyl groups excluding tert-OH is 1. The maximum absolute atomic E-state index is 13.1. The average molecular weight is 302 g/mol. The second kappa shape index (κ2) is 5.94. The topological polar surface area (TPSA) is 32.3 Å². The van der Waals surface area contributed by atoms with Crippen molar-refractivity contribution in [2.24, 2.45) is 5.92 Å². The highest BCUT2D eigenvalue weighted by atomic mass is 79.9. The van der Waals surface area contributed by atoms with Crippen LogP contribution >= 0.6 is 15.9 Å².